The number of nitrogens with zero attached hydrogens (tertiary/aromatic N) is 1. The zero-order chi connectivity index (χ0) is 15.5. The van der Waals surface area contributed by atoms with Crippen LogP contribution in [0.15, 0.2) is 24.3 Å². The van der Waals surface area contributed by atoms with Crippen molar-refractivity contribution in [3.63, 3.8) is 0 Å². The number of amides is 1. The number of carbonyl (C=O) groups excluding carboxylic acids is 1. The molecule has 2 rings (SSSR count). The van der Waals surface area contributed by atoms with Gasteiger partial charge in [0.15, 0.2) is 0 Å². The Morgan fingerprint density at radius 1 is 1.24 bits per heavy atom. The molecule has 1 aliphatic heterocycles. The van der Waals surface area contributed by atoms with E-state index in [9.17, 15) is 4.79 Å². The molecule has 0 saturated carbocycles. The average Bonchev–Trinajstić information content (AvgIpc) is 2.47. The predicted molar refractivity (Wildman–Crippen MR) is 86.1 cm³/mol. The van der Waals surface area contributed by atoms with Crippen LogP contribution in [-0.4, -0.2) is 35.5 Å². The molecule has 4 heteroatoms. The molecule has 0 spiro atoms. The number of rotatable bonds is 3. The Morgan fingerprint density at radius 2 is 1.81 bits per heavy atom. The van der Waals surface area contributed by atoms with Crippen LogP contribution in [0.5, 0.6) is 0 Å². The van der Waals surface area contributed by atoms with Gasteiger partial charge in [0.2, 0.25) is 0 Å². The summed E-state index contributed by atoms with van der Waals surface area (Å²) in [4.78, 5) is 14.7. The van der Waals surface area contributed by atoms with Crippen LogP contribution in [0.2, 0.25) is 0 Å². The minimum Gasteiger partial charge on any atom is -0.349 e. The van der Waals surface area contributed by atoms with Crippen LogP contribution in [-0.2, 0) is 6.54 Å². The van der Waals surface area contributed by atoms with Gasteiger partial charge >= 0.3 is 0 Å². The Morgan fingerprint density at radius 3 is 2.29 bits per heavy atom. The fourth-order valence-corrected chi connectivity index (χ4v) is 2.76. The molecule has 0 unspecified atom stereocenters. The first kappa shape index (κ1) is 16.0. The van der Waals surface area contributed by atoms with Crippen molar-refractivity contribution in [2.24, 2.45) is 5.73 Å². The molecule has 0 bridgehead atoms. The zero-order valence-corrected chi connectivity index (χ0v) is 13.4. The fourth-order valence-electron chi connectivity index (χ4n) is 2.76. The topological polar surface area (TPSA) is 58.4 Å². The molecule has 1 aromatic rings. The van der Waals surface area contributed by atoms with E-state index in [4.69, 9.17) is 5.73 Å². The third kappa shape index (κ3) is 4.29. The van der Waals surface area contributed by atoms with Crippen molar-refractivity contribution in [3.05, 3.63) is 35.4 Å². The van der Waals surface area contributed by atoms with Crippen molar-refractivity contribution in [2.45, 2.75) is 51.7 Å². The molecule has 116 valence electrons. The minimum atomic E-state index is 0.0211. The maximum atomic E-state index is 12.2. The molecular weight excluding hydrogens is 262 g/mol. The lowest BCUT2D eigenvalue weighted by atomic mass is 9.98. The van der Waals surface area contributed by atoms with Crippen molar-refractivity contribution in [2.75, 3.05) is 13.1 Å². The average molecular weight is 289 g/mol. The van der Waals surface area contributed by atoms with E-state index in [1.165, 1.54) is 0 Å². The molecule has 4 nitrogen and oxygen atoms in total. The van der Waals surface area contributed by atoms with Gasteiger partial charge in [-0.2, -0.15) is 0 Å². The van der Waals surface area contributed by atoms with Crippen molar-refractivity contribution < 1.29 is 4.79 Å². The van der Waals surface area contributed by atoms with Crippen molar-refractivity contribution in [1.29, 1.82) is 0 Å². The Labute approximate surface area is 127 Å². The van der Waals surface area contributed by atoms with Gasteiger partial charge in [0, 0.05) is 36.8 Å². The highest BCUT2D eigenvalue weighted by Gasteiger charge is 2.27. The molecule has 1 fully saturated rings. The highest BCUT2D eigenvalue weighted by atomic mass is 16.1. The van der Waals surface area contributed by atoms with Crippen LogP contribution in [0, 0.1) is 0 Å². The number of nitrogens with one attached hydrogen (secondary N) is 1. The summed E-state index contributed by atoms with van der Waals surface area (Å²) in [6, 6.07) is 7.81. The first-order chi connectivity index (χ1) is 9.90. The molecule has 21 heavy (non-hydrogen) atoms. The molecule has 1 aliphatic rings. The Hall–Kier alpha value is -1.39. The lowest BCUT2D eigenvalue weighted by molar-refractivity contribution is 0.0812. The van der Waals surface area contributed by atoms with Crippen molar-refractivity contribution in [1.82, 2.24) is 10.2 Å². The zero-order valence-electron chi connectivity index (χ0n) is 13.4. The van der Waals surface area contributed by atoms with Crippen LogP contribution in [0.1, 0.15) is 49.5 Å². The van der Waals surface area contributed by atoms with E-state index in [1.807, 2.05) is 24.3 Å². The third-order valence-corrected chi connectivity index (χ3v) is 4.23. The summed E-state index contributed by atoms with van der Waals surface area (Å²) in [5.41, 5.74) is 7.54. The first-order valence-electron chi connectivity index (χ1n) is 7.75. The summed E-state index contributed by atoms with van der Waals surface area (Å²) >= 11 is 0. The maximum absolute atomic E-state index is 12.2. The molecule has 1 aromatic carbocycles. The van der Waals surface area contributed by atoms with E-state index < -0.39 is 0 Å². The molecule has 1 heterocycles. The molecule has 0 aromatic heterocycles. The van der Waals surface area contributed by atoms with Gasteiger partial charge in [0.25, 0.3) is 5.91 Å². The normalized spacial score (nSPS) is 17.7. The first-order valence-corrected chi connectivity index (χ1v) is 7.75. The molecular formula is C17H27N3O. The number of piperidine rings is 1. The second-order valence-electron chi connectivity index (χ2n) is 6.81. The standard InChI is InChI=1S/C17H27N3O/c1-17(2,3)20-10-8-15(9-11-20)19-16(21)14-6-4-13(12-18)5-7-14/h4-7,15H,8-12,18H2,1-3H3,(H,19,21). The van der Waals surface area contributed by atoms with E-state index in [0.29, 0.717) is 12.1 Å². The van der Waals surface area contributed by atoms with Gasteiger partial charge in [0.1, 0.15) is 0 Å². The number of nitrogens with two attached hydrogens (primary N) is 1. The highest BCUT2D eigenvalue weighted by molar-refractivity contribution is 5.94. The van der Waals surface area contributed by atoms with E-state index in [-0.39, 0.29) is 17.5 Å². The van der Waals surface area contributed by atoms with Gasteiger partial charge in [-0.3, -0.25) is 9.69 Å². The molecule has 0 radical (unpaired) electrons. The monoisotopic (exact) mass is 289 g/mol. The summed E-state index contributed by atoms with van der Waals surface area (Å²) in [5.74, 6) is 0.0211. The van der Waals surface area contributed by atoms with E-state index in [1.54, 1.807) is 0 Å². The van der Waals surface area contributed by atoms with Crippen LogP contribution in [0.4, 0.5) is 0 Å². The summed E-state index contributed by atoms with van der Waals surface area (Å²) in [7, 11) is 0. The van der Waals surface area contributed by atoms with Gasteiger partial charge in [-0.25, -0.2) is 0 Å². The molecule has 3 N–H and O–H groups in total. The summed E-state index contributed by atoms with van der Waals surface area (Å²) in [6.07, 6.45) is 2.04. The molecule has 1 saturated heterocycles. The van der Waals surface area contributed by atoms with Crippen LogP contribution in [0.25, 0.3) is 0 Å². The quantitative estimate of drug-likeness (QED) is 0.896. The Balaban J connectivity index is 1.86. The number of benzene rings is 1. The lowest BCUT2D eigenvalue weighted by Crippen LogP contribution is -2.50. The highest BCUT2D eigenvalue weighted by Crippen LogP contribution is 2.20. The van der Waals surface area contributed by atoms with Gasteiger partial charge in [-0.05, 0) is 51.3 Å². The summed E-state index contributed by atoms with van der Waals surface area (Å²) in [6.45, 7) is 9.31. The van der Waals surface area contributed by atoms with E-state index in [0.717, 1.165) is 31.5 Å². The maximum Gasteiger partial charge on any atom is 0.251 e. The summed E-state index contributed by atoms with van der Waals surface area (Å²) < 4.78 is 0. The second kappa shape index (κ2) is 6.58. The lowest BCUT2D eigenvalue weighted by Gasteiger charge is -2.41. The van der Waals surface area contributed by atoms with Gasteiger partial charge < -0.3 is 11.1 Å². The minimum absolute atomic E-state index is 0.0211. The number of hydrogen-bond acceptors (Lipinski definition) is 3. The molecule has 1 amide bonds. The third-order valence-electron chi connectivity index (χ3n) is 4.23. The number of likely N-dealkylation sites (tertiary alicyclic amines) is 1. The molecule has 0 aliphatic carbocycles. The molecule has 0 atom stereocenters. The second-order valence-corrected chi connectivity index (χ2v) is 6.81. The number of carbonyl (C=O) groups is 1. The Kier molecular flexibility index (Phi) is 5.01. The van der Waals surface area contributed by atoms with Crippen LogP contribution < -0.4 is 11.1 Å². The SMILES string of the molecule is CC(C)(C)N1CCC(NC(=O)c2ccc(CN)cc2)CC1. The fraction of sp³-hybridized carbons (Fsp3) is 0.588. The van der Waals surface area contributed by atoms with Crippen molar-refractivity contribution >= 4 is 5.91 Å². The Bertz CT molecular complexity index is 468. The van der Waals surface area contributed by atoms with E-state index in [2.05, 4.69) is 31.0 Å². The van der Waals surface area contributed by atoms with E-state index >= 15 is 0 Å². The summed E-state index contributed by atoms with van der Waals surface area (Å²) in [5, 5.41) is 3.15. The van der Waals surface area contributed by atoms with Gasteiger partial charge in [-0.1, -0.05) is 12.1 Å². The van der Waals surface area contributed by atoms with Crippen LogP contribution in [0.3, 0.4) is 0 Å². The van der Waals surface area contributed by atoms with Gasteiger partial charge in [-0.15, -0.1) is 0 Å². The van der Waals surface area contributed by atoms with Crippen LogP contribution >= 0.6 is 0 Å². The number of hydrogen-bond donors (Lipinski definition) is 2. The van der Waals surface area contributed by atoms with Crippen molar-refractivity contribution in [3.8, 4) is 0 Å². The smallest absolute Gasteiger partial charge is 0.251 e. The predicted octanol–water partition coefficient (Wildman–Crippen LogP) is 2.14. The van der Waals surface area contributed by atoms with Gasteiger partial charge in [0.05, 0.1) is 0 Å². The largest absolute Gasteiger partial charge is 0.349 e.